The van der Waals surface area contributed by atoms with Crippen LogP contribution in [0.5, 0.6) is 0 Å². The van der Waals surface area contributed by atoms with Crippen molar-refractivity contribution in [2.45, 2.75) is 27.7 Å². The van der Waals surface area contributed by atoms with Gasteiger partial charge < -0.3 is 0 Å². The predicted molar refractivity (Wildman–Crippen MR) is 101 cm³/mol. The molecule has 0 fully saturated rings. The van der Waals surface area contributed by atoms with E-state index in [1.165, 1.54) is 33.6 Å². The number of aromatic nitrogens is 2. The molecule has 0 unspecified atom stereocenters. The molecule has 2 heterocycles. The van der Waals surface area contributed by atoms with Gasteiger partial charge in [0.2, 0.25) is 0 Å². The van der Waals surface area contributed by atoms with E-state index in [0.29, 0.717) is 0 Å². The lowest BCUT2D eigenvalue weighted by atomic mass is 10.1. The smallest absolute Gasteiger partial charge is 0.267 e. The number of imidazole rings is 1. The van der Waals surface area contributed by atoms with Crippen LogP contribution < -0.4 is 10.1 Å². The minimum atomic E-state index is 0.0129. The summed E-state index contributed by atoms with van der Waals surface area (Å²) in [5.74, 6) is 0. The third-order valence-electron chi connectivity index (χ3n) is 4.68. The molecule has 0 spiro atoms. The molecule has 0 radical (unpaired) electrons. The fourth-order valence-corrected chi connectivity index (χ4v) is 3.91. The minimum Gasteiger partial charge on any atom is -0.267 e. The second-order valence-electron chi connectivity index (χ2n) is 6.41. The quantitative estimate of drug-likeness (QED) is 0.532. The Morgan fingerprint density at radius 3 is 2.42 bits per heavy atom. The zero-order valence-corrected chi connectivity index (χ0v) is 15.0. The Bertz CT molecular complexity index is 1210. The number of nitrogens with zero attached hydrogens (tertiary/aromatic N) is 2. The Balaban J connectivity index is 1.99. The standard InChI is InChI=1S/C20H18N2OS/c1-11-5-6-15(7-12(11)2)10-18-19(23)22-17-9-14(4)13(3)8-16(17)21-20(22)24-18/h5-10H,1-4H3/b18-10+. The maximum absolute atomic E-state index is 12.9. The van der Waals surface area contributed by atoms with Crippen molar-refractivity contribution in [3.8, 4) is 0 Å². The van der Waals surface area contributed by atoms with Gasteiger partial charge in [-0.25, -0.2) is 9.38 Å². The largest absolute Gasteiger partial charge is 0.274 e. The first-order chi connectivity index (χ1) is 11.4. The Hall–Kier alpha value is -2.46. The van der Waals surface area contributed by atoms with E-state index in [1.807, 2.05) is 6.08 Å². The topological polar surface area (TPSA) is 34.4 Å². The molecule has 0 N–H and O–H groups in total. The summed E-state index contributed by atoms with van der Waals surface area (Å²) in [7, 11) is 0. The van der Waals surface area contributed by atoms with Crippen LogP contribution in [0.1, 0.15) is 27.8 Å². The first-order valence-corrected chi connectivity index (χ1v) is 8.77. The Kier molecular flexibility index (Phi) is 3.32. The van der Waals surface area contributed by atoms with Gasteiger partial charge >= 0.3 is 0 Å². The first kappa shape index (κ1) is 15.1. The molecular weight excluding hydrogens is 316 g/mol. The monoisotopic (exact) mass is 334 g/mol. The van der Waals surface area contributed by atoms with Gasteiger partial charge in [0.1, 0.15) is 0 Å². The van der Waals surface area contributed by atoms with Crippen molar-refractivity contribution in [1.82, 2.24) is 9.38 Å². The van der Waals surface area contributed by atoms with E-state index in [4.69, 9.17) is 0 Å². The highest BCUT2D eigenvalue weighted by Gasteiger charge is 2.12. The van der Waals surface area contributed by atoms with Crippen molar-refractivity contribution in [3.05, 3.63) is 73.0 Å². The van der Waals surface area contributed by atoms with Gasteiger partial charge in [-0.1, -0.05) is 29.5 Å². The predicted octanol–water partition coefficient (Wildman–Crippen LogP) is 3.69. The molecule has 0 aliphatic rings. The molecule has 0 bridgehead atoms. The van der Waals surface area contributed by atoms with Crippen molar-refractivity contribution in [2.24, 2.45) is 0 Å². The van der Waals surface area contributed by atoms with Gasteiger partial charge in [0.15, 0.2) is 4.96 Å². The van der Waals surface area contributed by atoms with Gasteiger partial charge in [-0.3, -0.25) is 4.79 Å². The average Bonchev–Trinajstić information content (AvgIpc) is 3.01. The fourth-order valence-electron chi connectivity index (χ4n) is 2.92. The SMILES string of the molecule is Cc1ccc(/C=c2/sc3nc4cc(C)c(C)cc4n3c2=O)cc1C. The third-order valence-corrected chi connectivity index (χ3v) is 5.65. The highest BCUT2D eigenvalue weighted by atomic mass is 32.1. The summed E-state index contributed by atoms with van der Waals surface area (Å²) in [6.45, 7) is 8.31. The number of hydrogen-bond acceptors (Lipinski definition) is 3. The number of rotatable bonds is 1. The zero-order valence-electron chi connectivity index (χ0n) is 14.2. The molecule has 2 aromatic heterocycles. The molecule has 0 amide bonds. The van der Waals surface area contributed by atoms with Crippen LogP contribution >= 0.6 is 11.3 Å². The van der Waals surface area contributed by atoms with Gasteiger partial charge in [0.25, 0.3) is 5.56 Å². The van der Waals surface area contributed by atoms with Crippen LogP contribution in [0.25, 0.3) is 22.1 Å². The van der Waals surface area contributed by atoms with Crippen LogP contribution in [-0.2, 0) is 0 Å². The van der Waals surface area contributed by atoms with E-state index in [0.717, 1.165) is 26.1 Å². The molecule has 2 aromatic carbocycles. The summed E-state index contributed by atoms with van der Waals surface area (Å²) in [5.41, 5.74) is 7.71. The van der Waals surface area contributed by atoms with E-state index in [9.17, 15) is 4.79 Å². The lowest BCUT2D eigenvalue weighted by Crippen LogP contribution is -2.22. The maximum atomic E-state index is 12.9. The van der Waals surface area contributed by atoms with Crippen molar-refractivity contribution in [1.29, 1.82) is 0 Å². The van der Waals surface area contributed by atoms with Gasteiger partial charge in [-0.05, 0) is 73.7 Å². The van der Waals surface area contributed by atoms with E-state index in [2.05, 4.69) is 63.0 Å². The molecule has 4 rings (SSSR count). The van der Waals surface area contributed by atoms with Crippen molar-refractivity contribution in [2.75, 3.05) is 0 Å². The Morgan fingerprint density at radius 2 is 1.67 bits per heavy atom. The van der Waals surface area contributed by atoms with Crippen LogP contribution in [0.15, 0.2) is 35.1 Å². The van der Waals surface area contributed by atoms with E-state index < -0.39 is 0 Å². The normalized spacial score (nSPS) is 12.6. The van der Waals surface area contributed by atoms with Crippen LogP contribution in [0.3, 0.4) is 0 Å². The van der Waals surface area contributed by atoms with Gasteiger partial charge in [-0.15, -0.1) is 0 Å². The molecule has 4 aromatic rings. The molecule has 4 heteroatoms. The summed E-state index contributed by atoms with van der Waals surface area (Å²) < 4.78 is 2.46. The number of fused-ring (bicyclic) bond motifs is 3. The Morgan fingerprint density at radius 1 is 0.958 bits per heavy atom. The molecule has 120 valence electrons. The van der Waals surface area contributed by atoms with Gasteiger partial charge in [0, 0.05) is 0 Å². The number of benzene rings is 2. The summed E-state index contributed by atoms with van der Waals surface area (Å²) in [6.07, 6.45) is 1.96. The summed E-state index contributed by atoms with van der Waals surface area (Å²) in [4.78, 5) is 18.3. The second-order valence-corrected chi connectivity index (χ2v) is 7.42. The van der Waals surface area contributed by atoms with Crippen LogP contribution in [0.2, 0.25) is 0 Å². The molecule has 0 aliphatic heterocycles. The summed E-state index contributed by atoms with van der Waals surface area (Å²) in [5, 5.41) is 0. The van der Waals surface area contributed by atoms with Gasteiger partial charge in [0.05, 0.1) is 15.6 Å². The molecule has 3 nitrogen and oxygen atoms in total. The number of aryl methyl sites for hydroxylation is 4. The highest BCUT2D eigenvalue weighted by Crippen LogP contribution is 2.20. The highest BCUT2D eigenvalue weighted by molar-refractivity contribution is 7.15. The molecule has 0 atom stereocenters. The van der Waals surface area contributed by atoms with Crippen molar-refractivity contribution >= 4 is 33.4 Å². The minimum absolute atomic E-state index is 0.0129. The third kappa shape index (κ3) is 2.26. The average molecular weight is 334 g/mol. The fraction of sp³-hybridized carbons (Fsp3) is 0.200. The van der Waals surface area contributed by atoms with Gasteiger partial charge in [-0.2, -0.15) is 0 Å². The van der Waals surface area contributed by atoms with E-state index in [1.54, 1.807) is 4.40 Å². The van der Waals surface area contributed by atoms with Crippen molar-refractivity contribution in [3.63, 3.8) is 0 Å². The van der Waals surface area contributed by atoms with Crippen LogP contribution in [-0.4, -0.2) is 9.38 Å². The van der Waals surface area contributed by atoms with Crippen LogP contribution in [0, 0.1) is 27.7 Å². The summed E-state index contributed by atoms with van der Waals surface area (Å²) in [6, 6.07) is 10.4. The van der Waals surface area contributed by atoms with Crippen molar-refractivity contribution < 1.29 is 0 Å². The first-order valence-electron chi connectivity index (χ1n) is 7.95. The zero-order chi connectivity index (χ0) is 17.0. The molecule has 0 saturated heterocycles. The molecular formula is C20H18N2OS. The van der Waals surface area contributed by atoms with Crippen LogP contribution in [0.4, 0.5) is 0 Å². The maximum Gasteiger partial charge on any atom is 0.274 e. The molecule has 0 aliphatic carbocycles. The second kappa shape index (κ2) is 5.28. The summed E-state index contributed by atoms with van der Waals surface area (Å²) >= 11 is 1.45. The van der Waals surface area contributed by atoms with E-state index in [-0.39, 0.29) is 5.56 Å². The number of thiazole rings is 1. The van der Waals surface area contributed by atoms with E-state index >= 15 is 0 Å². The number of hydrogen-bond donors (Lipinski definition) is 0. The molecule has 0 saturated carbocycles. The Labute approximate surface area is 143 Å². The molecule has 24 heavy (non-hydrogen) atoms. The lowest BCUT2D eigenvalue weighted by molar-refractivity contribution is 1.18. The lowest BCUT2D eigenvalue weighted by Gasteiger charge is -2.00.